The molecule has 0 saturated carbocycles. The van der Waals surface area contributed by atoms with E-state index >= 15 is 0 Å². The van der Waals surface area contributed by atoms with Crippen molar-refractivity contribution in [2.24, 2.45) is 5.73 Å². The molecule has 0 aliphatic rings. The SMILES string of the molecule is CN(C)C(C)(C)COc1ccccc1C(=N)N. The van der Waals surface area contributed by atoms with Gasteiger partial charge in [0.05, 0.1) is 5.56 Å². The van der Waals surface area contributed by atoms with Gasteiger partial charge in [0.15, 0.2) is 0 Å². The lowest BCUT2D eigenvalue weighted by atomic mass is 10.1. The molecule has 0 atom stereocenters. The predicted octanol–water partition coefficient (Wildman–Crippen LogP) is 1.69. The topological polar surface area (TPSA) is 62.3 Å². The van der Waals surface area contributed by atoms with Crippen molar-refractivity contribution in [2.45, 2.75) is 19.4 Å². The number of rotatable bonds is 5. The summed E-state index contributed by atoms with van der Waals surface area (Å²) in [5.41, 5.74) is 6.08. The van der Waals surface area contributed by atoms with Gasteiger partial charge in [-0.3, -0.25) is 5.41 Å². The Morgan fingerprint density at radius 2 is 1.94 bits per heavy atom. The number of nitrogen functional groups attached to an aromatic ring is 1. The Labute approximate surface area is 103 Å². The van der Waals surface area contributed by atoms with E-state index in [9.17, 15) is 0 Å². The van der Waals surface area contributed by atoms with Crippen LogP contribution < -0.4 is 10.5 Å². The zero-order chi connectivity index (χ0) is 13.1. The van der Waals surface area contributed by atoms with Crippen LogP contribution in [0.2, 0.25) is 0 Å². The van der Waals surface area contributed by atoms with Crippen LogP contribution in [0.4, 0.5) is 0 Å². The molecule has 1 aromatic rings. The molecule has 0 unspecified atom stereocenters. The number of hydrogen-bond donors (Lipinski definition) is 2. The first-order chi connectivity index (χ1) is 7.84. The predicted molar refractivity (Wildman–Crippen MR) is 70.7 cm³/mol. The maximum absolute atomic E-state index is 7.48. The molecule has 0 aliphatic heterocycles. The van der Waals surface area contributed by atoms with E-state index in [-0.39, 0.29) is 11.4 Å². The second kappa shape index (κ2) is 5.19. The molecule has 1 aromatic carbocycles. The molecule has 0 amide bonds. The molecule has 4 nitrogen and oxygen atoms in total. The fourth-order valence-electron chi connectivity index (χ4n) is 1.20. The second-order valence-corrected chi connectivity index (χ2v) is 4.91. The van der Waals surface area contributed by atoms with E-state index in [0.29, 0.717) is 17.9 Å². The number of benzene rings is 1. The van der Waals surface area contributed by atoms with Gasteiger partial charge in [-0.1, -0.05) is 12.1 Å². The summed E-state index contributed by atoms with van der Waals surface area (Å²) < 4.78 is 5.76. The van der Waals surface area contributed by atoms with E-state index in [1.807, 2.05) is 32.3 Å². The van der Waals surface area contributed by atoms with Crippen LogP contribution in [0.15, 0.2) is 24.3 Å². The number of para-hydroxylation sites is 1. The molecule has 94 valence electrons. The molecule has 17 heavy (non-hydrogen) atoms. The van der Waals surface area contributed by atoms with E-state index in [1.165, 1.54) is 0 Å². The first-order valence-electron chi connectivity index (χ1n) is 5.58. The number of likely N-dealkylation sites (N-methyl/N-ethyl adjacent to an activating group) is 1. The quantitative estimate of drug-likeness (QED) is 0.603. The zero-order valence-corrected chi connectivity index (χ0v) is 10.9. The van der Waals surface area contributed by atoms with Crippen molar-refractivity contribution < 1.29 is 4.74 Å². The van der Waals surface area contributed by atoms with Crippen LogP contribution in [0.1, 0.15) is 19.4 Å². The number of amidine groups is 1. The summed E-state index contributed by atoms with van der Waals surface area (Å²) in [5, 5.41) is 7.48. The highest BCUT2D eigenvalue weighted by Gasteiger charge is 2.21. The summed E-state index contributed by atoms with van der Waals surface area (Å²) >= 11 is 0. The van der Waals surface area contributed by atoms with E-state index in [0.717, 1.165) is 0 Å². The van der Waals surface area contributed by atoms with Crippen molar-refractivity contribution in [1.82, 2.24) is 4.90 Å². The van der Waals surface area contributed by atoms with Crippen LogP contribution in [0, 0.1) is 5.41 Å². The minimum Gasteiger partial charge on any atom is -0.491 e. The van der Waals surface area contributed by atoms with Gasteiger partial charge >= 0.3 is 0 Å². The van der Waals surface area contributed by atoms with Crippen molar-refractivity contribution in [3.05, 3.63) is 29.8 Å². The van der Waals surface area contributed by atoms with Gasteiger partial charge in [-0.25, -0.2) is 0 Å². The van der Waals surface area contributed by atoms with Crippen molar-refractivity contribution in [3.8, 4) is 5.75 Å². The number of nitrogens with one attached hydrogen (secondary N) is 1. The molecule has 0 fully saturated rings. The van der Waals surface area contributed by atoms with Gasteiger partial charge in [0.25, 0.3) is 0 Å². The molecule has 0 spiro atoms. The third-order valence-corrected chi connectivity index (χ3v) is 2.97. The molecule has 3 N–H and O–H groups in total. The largest absolute Gasteiger partial charge is 0.491 e. The molecule has 0 radical (unpaired) electrons. The fourth-order valence-corrected chi connectivity index (χ4v) is 1.20. The van der Waals surface area contributed by atoms with Gasteiger partial charge in [-0.2, -0.15) is 0 Å². The van der Waals surface area contributed by atoms with E-state index in [2.05, 4.69) is 18.7 Å². The molecular formula is C13H21N3O. The van der Waals surface area contributed by atoms with Crippen molar-refractivity contribution in [2.75, 3.05) is 20.7 Å². The summed E-state index contributed by atoms with van der Waals surface area (Å²) in [6.07, 6.45) is 0. The van der Waals surface area contributed by atoms with Gasteiger partial charge in [-0.05, 0) is 40.1 Å². The summed E-state index contributed by atoms with van der Waals surface area (Å²) in [6.45, 7) is 4.75. The van der Waals surface area contributed by atoms with Crippen LogP contribution in [0.5, 0.6) is 5.75 Å². The number of hydrogen-bond acceptors (Lipinski definition) is 3. The highest BCUT2D eigenvalue weighted by Crippen LogP contribution is 2.20. The summed E-state index contributed by atoms with van der Waals surface area (Å²) in [4.78, 5) is 2.10. The molecule has 4 heteroatoms. The molecule has 1 rings (SSSR count). The van der Waals surface area contributed by atoms with E-state index < -0.39 is 0 Å². The third kappa shape index (κ3) is 3.46. The molecule has 0 bridgehead atoms. The standard InChI is InChI=1S/C13H21N3O/c1-13(2,16(3)4)9-17-11-8-6-5-7-10(11)12(14)15/h5-8H,9H2,1-4H3,(H3,14,15). The van der Waals surface area contributed by atoms with E-state index in [4.69, 9.17) is 15.9 Å². The second-order valence-electron chi connectivity index (χ2n) is 4.91. The van der Waals surface area contributed by atoms with Crippen molar-refractivity contribution >= 4 is 5.84 Å². The van der Waals surface area contributed by atoms with Crippen LogP contribution in [-0.2, 0) is 0 Å². The van der Waals surface area contributed by atoms with Crippen LogP contribution >= 0.6 is 0 Å². The Morgan fingerprint density at radius 3 is 2.47 bits per heavy atom. The minimum atomic E-state index is -0.0656. The maximum atomic E-state index is 7.48. The van der Waals surface area contributed by atoms with Crippen LogP contribution in [0.25, 0.3) is 0 Å². The summed E-state index contributed by atoms with van der Waals surface area (Å²) in [6, 6.07) is 7.36. The minimum absolute atomic E-state index is 0.0308. The van der Waals surface area contributed by atoms with E-state index in [1.54, 1.807) is 6.07 Å². The average molecular weight is 235 g/mol. The zero-order valence-electron chi connectivity index (χ0n) is 10.9. The number of ether oxygens (including phenoxy) is 1. The smallest absolute Gasteiger partial charge is 0.130 e. The van der Waals surface area contributed by atoms with Crippen LogP contribution in [0.3, 0.4) is 0 Å². The number of nitrogens with zero attached hydrogens (tertiary/aromatic N) is 1. The lowest BCUT2D eigenvalue weighted by molar-refractivity contribution is 0.114. The number of nitrogens with two attached hydrogens (primary N) is 1. The normalized spacial score (nSPS) is 11.6. The van der Waals surface area contributed by atoms with Gasteiger partial charge in [-0.15, -0.1) is 0 Å². The van der Waals surface area contributed by atoms with Gasteiger partial charge in [0.1, 0.15) is 18.2 Å². The first-order valence-corrected chi connectivity index (χ1v) is 5.58. The fraction of sp³-hybridized carbons (Fsp3) is 0.462. The molecular weight excluding hydrogens is 214 g/mol. The monoisotopic (exact) mass is 235 g/mol. The Balaban J connectivity index is 2.79. The van der Waals surface area contributed by atoms with Crippen molar-refractivity contribution in [3.63, 3.8) is 0 Å². The summed E-state index contributed by atoms with van der Waals surface area (Å²) in [7, 11) is 4.03. The first kappa shape index (κ1) is 13.5. The highest BCUT2D eigenvalue weighted by atomic mass is 16.5. The Kier molecular flexibility index (Phi) is 4.12. The Bertz CT molecular complexity index is 399. The average Bonchev–Trinajstić information content (AvgIpc) is 2.26. The van der Waals surface area contributed by atoms with Gasteiger partial charge in [0.2, 0.25) is 0 Å². The lowest BCUT2D eigenvalue weighted by Gasteiger charge is -2.32. The van der Waals surface area contributed by atoms with Gasteiger partial charge in [0, 0.05) is 5.54 Å². The Morgan fingerprint density at radius 1 is 1.35 bits per heavy atom. The van der Waals surface area contributed by atoms with Crippen LogP contribution in [-0.4, -0.2) is 37.0 Å². The van der Waals surface area contributed by atoms with Gasteiger partial charge < -0.3 is 15.4 Å². The Hall–Kier alpha value is -1.55. The highest BCUT2D eigenvalue weighted by molar-refractivity contribution is 5.97. The molecule has 0 aliphatic carbocycles. The summed E-state index contributed by atoms with van der Waals surface area (Å²) in [5.74, 6) is 0.693. The molecule has 0 saturated heterocycles. The lowest BCUT2D eigenvalue weighted by Crippen LogP contribution is -2.43. The third-order valence-electron chi connectivity index (χ3n) is 2.97. The molecule has 0 aromatic heterocycles. The van der Waals surface area contributed by atoms with Crippen molar-refractivity contribution in [1.29, 1.82) is 5.41 Å². The molecule has 0 heterocycles. The maximum Gasteiger partial charge on any atom is 0.130 e.